The van der Waals surface area contributed by atoms with Crippen LogP contribution < -0.4 is 5.73 Å². The Hall–Kier alpha value is -0.830. The van der Waals surface area contributed by atoms with Crippen molar-refractivity contribution >= 4 is 0 Å². The van der Waals surface area contributed by atoms with Crippen LogP contribution in [0, 0.1) is 13.8 Å². The molecule has 0 aromatic carbocycles. The van der Waals surface area contributed by atoms with Crippen LogP contribution in [-0.2, 0) is 0 Å². The van der Waals surface area contributed by atoms with Crippen molar-refractivity contribution in [3.05, 3.63) is 17.3 Å². The van der Waals surface area contributed by atoms with Gasteiger partial charge in [-0.3, -0.25) is 0 Å². The maximum atomic E-state index is 5.46. The Kier molecular flexibility index (Phi) is 2.87. The molecule has 0 saturated carbocycles. The minimum atomic E-state index is 0.336. The third-order valence-electron chi connectivity index (χ3n) is 2.07. The zero-order valence-electron chi connectivity index (χ0n) is 7.92. The molecule has 1 rings (SSSR count). The third kappa shape index (κ3) is 1.85. The van der Waals surface area contributed by atoms with Crippen molar-refractivity contribution in [3.63, 3.8) is 0 Å². The third-order valence-corrected chi connectivity index (χ3v) is 2.07. The number of nitrogens with two attached hydrogens (primary N) is 1. The summed E-state index contributed by atoms with van der Waals surface area (Å²) >= 11 is 0. The molecule has 0 aliphatic rings. The van der Waals surface area contributed by atoms with Gasteiger partial charge in [0.25, 0.3) is 0 Å². The van der Waals surface area contributed by atoms with Crippen LogP contribution in [0.1, 0.15) is 36.6 Å². The van der Waals surface area contributed by atoms with Gasteiger partial charge in [0, 0.05) is 5.92 Å². The monoisotopic (exact) mass is 168 g/mol. The van der Waals surface area contributed by atoms with Gasteiger partial charge in [-0.25, -0.2) is 4.98 Å². The van der Waals surface area contributed by atoms with Gasteiger partial charge in [0.05, 0.1) is 5.69 Å². The second-order valence-corrected chi connectivity index (χ2v) is 3.17. The predicted molar refractivity (Wildman–Crippen MR) is 48.1 cm³/mol. The van der Waals surface area contributed by atoms with E-state index in [2.05, 4.69) is 11.9 Å². The molecule has 1 unspecified atom stereocenters. The molecule has 1 atom stereocenters. The van der Waals surface area contributed by atoms with Crippen molar-refractivity contribution < 1.29 is 4.42 Å². The molecule has 0 saturated heterocycles. The van der Waals surface area contributed by atoms with E-state index in [0.29, 0.717) is 12.5 Å². The molecular formula is C9H16N2O. The molecule has 0 aliphatic carbocycles. The second kappa shape index (κ2) is 3.72. The lowest BCUT2D eigenvalue weighted by atomic mass is 10.1. The van der Waals surface area contributed by atoms with E-state index < -0.39 is 0 Å². The zero-order valence-corrected chi connectivity index (χ0v) is 7.92. The minimum absolute atomic E-state index is 0.336. The highest BCUT2D eigenvalue weighted by atomic mass is 16.4. The highest BCUT2D eigenvalue weighted by molar-refractivity contribution is 5.07. The molecule has 0 spiro atoms. The quantitative estimate of drug-likeness (QED) is 0.748. The molecule has 1 heterocycles. The molecule has 0 radical (unpaired) electrons. The van der Waals surface area contributed by atoms with Crippen molar-refractivity contribution in [2.24, 2.45) is 5.73 Å². The Morgan fingerprint density at radius 1 is 1.50 bits per heavy atom. The summed E-state index contributed by atoms with van der Waals surface area (Å²) < 4.78 is 5.46. The number of oxazole rings is 1. The maximum absolute atomic E-state index is 5.46. The predicted octanol–water partition coefficient (Wildman–Crippen LogP) is 1.74. The first-order chi connectivity index (χ1) is 5.65. The first-order valence-corrected chi connectivity index (χ1v) is 4.29. The first-order valence-electron chi connectivity index (χ1n) is 4.29. The Balaban J connectivity index is 2.74. The van der Waals surface area contributed by atoms with E-state index >= 15 is 0 Å². The van der Waals surface area contributed by atoms with Crippen LogP contribution in [0.15, 0.2) is 4.42 Å². The van der Waals surface area contributed by atoms with Gasteiger partial charge in [-0.1, -0.05) is 6.92 Å². The van der Waals surface area contributed by atoms with Crippen LogP contribution in [0.4, 0.5) is 0 Å². The molecule has 3 nitrogen and oxygen atoms in total. The number of hydrogen-bond donors (Lipinski definition) is 1. The standard InChI is InChI=1S/C9H16N2O/c1-6(4-5-10)9-11-7(2)8(3)12-9/h6H,4-5,10H2,1-3H3. The molecule has 0 bridgehead atoms. The van der Waals surface area contributed by atoms with E-state index in [9.17, 15) is 0 Å². The topological polar surface area (TPSA) is 52.0 Å². The van der Waals surface area contributed by atoms with Crippen LogP contribution in [-0.4, -0.2) is 11.5 Å². The van der Waals surface area contributed by atoms with Crippen molar-refractivity contribution in [1.82, 2.24) is 4.98 Å². The van der Waals surface area contributed by atoms with Crippen LogP contribution in [0.2, 0.25) is 0 Å². The van der Waals surface area contributed by atoms with Gasteiger partial charge in [-0.05, 0) is 26.8 Å². The maximum Gasteiger partial charge on any atom is 0.197 e. The van der Waals surface area contributed by atoms with E-state index in [1.165, 1.54) is 0 Å². The van der Waals surface area contributed by atoms with E-state index in [1.807, 2.05) is 13.8 Å². The number of hydrogen-bond acceptors (Lipinski definition) is 3. The van der Waals surface area contributed by atoms with Crippen molar-refractivity contribution in [2.45, 2.75) is 33.1 Å². The minimum Gasteiger partial charge on any atom is -0.445 e. The van der Waals surface area contributed by atoms with Gasteiger partial charge in [-0.15, -0.1) is 0 Å². The highest BCUT2D eigenvalue weighted by Gasteiger charge is 2.12. The summed E-state index contributed by atoms with van der Waals surface area (Å²) in [6.07, 6.45) is 0.930. The molecule has 0 fully saturated rings. The fourth-order valence-corrected chi connectivity index (χ4v) is 1.08. The molecule has 0 aliphatic heterocycles. The number of rotatable bonds is 3. The average molecular weight is 168 g/mol. The smallest absolute Gasteiger partial charge is 0.197 e. The Bertz CT molecular complexity index is 236. The molecular weight excluding hydrogens is 152 g/mol. The Morgan fingerprint density at radius 2 is 2.17 bits per heavy atom. The summed E-state index contributed by atoms with van der Waals surface area (Å²) in [7, 11) is 0. The zero-order chi connectivity index (χ0) is 9.14. The van der Waals surface area contributed by atoms with Crippen LogP contribution in [0.3, 0.4) is 0 Å². The van der Waals surface area contributed by atoms with Gasteiger partial charge in [0.2, 0.25) is 0 Å². The van der Waals surface area contributed by atoms with Crippen LogP contribution in [0.5, 0.6) is 0 Å². The van der Waals surface area contributed by atoms with E-state index in [1.54, 1.807) is 0 Å². The molecule has 2 N–H and O–H groups in total. The fraction of sp³-hybridized carbons (Fsp3) is 0.667. The van der Waals surface area contributed by atoms with Gasteiger partial charge in [-0.2, -0.15) is 0 Å². The summed E-state index contributed by atoms with van der Waals surface area (Å²) in [5, 5.41) is 0. The number of aromatic nitrogens is 1. The van der Waals surface area contributed by atoms with Crippen LogP contribution >= 0.6 is 0 Å². The van der Waals surface area contributed by atoms with E-state index in [-0.39, 0.29) is 0 Å². The summed E-state index contributed by atoms with van der Waals surface area (Å²) in [4.78, 5) is 4.31. The summed E-state index contributed by atoms with van der Waals surface area (Å²) in [6, 6.07) is 0. The van der Waals surface area contributed by atoms with E-state index in [0.717, 1.165) is 23.8 Å². The molecule has 1 aromatic heterocycles. The lowest BCUT2D eigenvalue weighted by Gasteiger charge is -2.03. The lowest BCUT2D eigenvalue weighted by Crippen LogP contribution is -2.04. The van der Waals surface area contributed by atoms with Gasteiger partial charge < -0.3 is 10.2 Å². The molecule has 1 aromatic rings. The van der Waals surface area contributed by atoms with Gasteiger partial charge in [0.15, 0.2) is 5.89 Å². The van der Waals surface area contributed by atoms with Crippen molar-refractivity contribution in [1.29, 1.82) is 0 Å². The highest BCUT2D eigenvalue weighted by Crippen LogP contribution is 2.19. The number of aryl methyl sites for hydroxylation is 2. The summed E-state index contributed by atoms with van der Waals surface area (Å²) in [5.41, 5.74) is 6.42. The Labute approximate surface area is 73.0 Å². The SMILES string of the molecule is Cc1nc(C(C)CCN)oc1C. The lowest BCUT2D eigenvalue weighted by molar-refractivity contribution is 0.430. The van der Waals surface area contributed by atoms with Crippen LogP contribution in [0.25, 0.3) is 0 Å². The first kappa shape index (κ1) is 9.26. The Morgan fingerprint density at radius 3 is 2.58 bits per heavy atom. The molecule has 0 amide bonds. The average Bonchev–Trinajstić information content (AvgIpc) is 2.33. The van der Waals surface area contributed by atoms with Crippen molar-refractivity contribution in [2.75, 3.05) is 6.54 Å². The second-order valence-electron chi connectivity index (χ2n) is 3.17. The molecule has 12 heavy (non-hydrogen) atoms. The van der Waals surface area contributed by atoms with Gasteiger partial charge >= 0.3 is 0 Å². The largest absolute Gasteiger partial charge is 0.445 e. The normalized spacial score (nSPS) is 13.3. The molecule has 3 heteroatoms. The summed E-state index contributed by atoms with van der Waals surface area (Å²) in [5.74, 6) is 2.06. The van der Waals surface area contributed by atoms with Crippen molar-refractivity contribution in [3.8, 4) is 0 Å². The van der Waals surface area contributed by atoms with E-state index in [4.69, 9.17) is 10.2 Å². The fourth-order valence-electron chi connectivity index (χ4n) is 1.08. The summed E-state index contributed by atoms with van der Waals surface area (Å²) in [6.45, 7) is 6.65. The molecule has 68 valence electrons. The van der Waals surface area contributed by atoms with Gasteiger partial charge in [0.1, 0.15) is 5.76 Å². The number of nitrogens with zero attached hydrogens (tertiary/aromatic N) is 1.